The Hall–Kier alpha value is -2.04. The van der Waals surface area contributed by atoms with Crippen LogP contribution in [0.5, 0.6) is 5.75 Å². The summed E-state index contributed by atoms with van der Waals surface area (Å²) >= 11 is 11.8. The van der Waals surface area contributed by atoms with Crippen LogP contribution in [0.1, 0.15) is 30.1 Å². The number of carbonyl (C=O) groups is 2. The van der Waals surface area contributed by atoms with E-state index in [1.165, 1.54) is 0 Å². The minimum Gasteiger partial charge on any atom is -0.484 e. The third kappa shape index (κ3) is 5.25. The number of rotatable bonds is 7. The molecule has 6 heteroatoms. The molecule has 2 rings (SSSR count). The van der Waals surface area contributed by atoms with E-state index in [0.717, 1.165) is 6.42 Å². The lowest BCUT2D eigenvalue weighted by Crippen LogP contribution is -2.13. The van der Waals surface area contributed by atoms with Crippen molar-refractivity contribution in [3.05, 3.63) is 58.1 Å². The monoisotopic (exact) mass is 365 g/mol. The second-order valence-corrected chi connectivity index (χ2v) is 6.01. The molecule has 2 aromatic carbocycles. The summed E-state index contributed by atoms with van der Waals surface area (Å²) in [6.07, 6.45) is 1.25. The highest BCUT2D eigenvalue weighted by atomic mass is 35.5. The van der Waals surface area contributed by atoms with E-state index in [9.17, 15) is 9.59 Å². The molecule has 0 atom stereocenters. The van der Waals surface area contributed by atoms with Gasteiger partial charge >= 0.3 is 0 Å². The largest absolute Gasteiger partial charge is 0.484 e. The summed E-state index contributed by atoms with van der Waals surface area (Å²) < 4.78 is 5.42. The molecule has 0 aromatic heterocycles. The van der Waals surface area contributed by atoms with Crippen molar-refractivity contribution in [1.29, 1.82) is 0 Å². The van der Waals surface area contributed by atoms with E-state index < -0.39 is 0 Å². The maximum Gasteiger partial charge on any atom is 0.224 e. The quantitative estimate of drug-likeness (QED) is 0.702. The van der Waals surface area contributed by atoms with Crippen molar-refractivity contribution in [2.75, 3.05) is 11.9 Å². The van der Waals surface area contributed by atoms with Gasteiger partial charge in [-0.15, -0.1) is 0 Å². The van der Waals surface area contributed by atoms with Gasteiger partial charge in [-0.2, -0.15) is 0 Å². The van der Waals surface area contributed by atoms with Crippen LogP contribution >= 0.6 is 23.2 Å². The summed E-state index contributed by atoms with van der Waals surface area (Å²) in [6.45, 7) is 1.80. The average molecular weight is 366 g/mol. The first-order valence-electron chi connectivity index (χ1n) is 7.50. The fourth-order valence-corrected chi connectivity index (χ4v) is 2.47. The standard InChI is InChI=1S/C18H17Cl2NO3/c1-2-3-18(23)21-14-7-4-12(5-8-14)16(22)11-24-17-9-6-13(19)10-15(17)20/h4-10H,2-3,11H2,1H3,(H,21,23). The van der Waals surface area contributed by atoms with Crippen LogP contribution in [0.25, 0.3) is 0 Å². The third-order valence-corrected chi connectivity index (χ3v) is 3.75. The minimum atomic E-state index is -0.188. The second-order valence-electron chi connectivity index (χ2n) is 5.16. The molecule has 0 aliphatic carbocycles. The number of anilines is 1. The summed E-state index contributed by atoms with van der Waals surface area (Å²) in [5.74, 6) is 0.169. The first-order valence-corrected chi connectivity index (χ1v) is 8.26. The van der Waals surface area contributed by atoms with Crippen LogP contribution in [0.4, 0.5) is 5.69 Å². The fraction of sp³-hybridized carbons (Fsp3) is 0.222. The Morgan fingerprint density at radius 2 is 1.79 bits per heavy atom. The number of halogens is 2. The zero-order valence-electron chi connectivity index (χ0n) is 13.1. The number of benzene rings is 2. The number of carbonyl (C=O) groups excluding carboxylic acids is 2. The van der Waals surface area contributed by atoms with Crippen LogP contribution < -0.4 is 10.1 Å². The maximum atomic E-state index is 12.2. The van der Waals surface area contributed by atoms with Gasteiger partial charge < -0.3 is 10.1 Å². The van der Waals surface area contributed by atoms with Crippen molar-refractivity contribution < 1.29 is 14.3 Å². The van der Waals surface area contributed by atoms with Gasteiger partial charge in [-0.3, -0.25) is 9.59 Å². The van der Waals surface area contributed by atoms with Gasteiger partial charge in [-0.05, 0) is 48.9 Å². The number of amides is 1. The molecule has 0 heterocycles. The van der Waals surface area contributed by atoms with E-state index >= 15 is 0 Å². The molecule has 126 valence electrons. The second kappa shape index (κ2) is 8.71. The van der Waals surface area contributed by atoms with Gasteiger partial charge in [0.25, 0.3) is 0 Å². The van der Waals surface area contributed by atoms with Gasteiger partial charge in [0.1, 0.15) is 5.75 Å². The highest BCUT2D eigenvalue weighted by Gasteiger charge is 2.09. The number of ketones is 1. The van der Waals surface area contributed by atoms with E-state index in [2.05, 4.69) is 5.32 Å². The van der Waals surface area contributed by atoms with Crippen molar-refractivity contribution >= 4 is 40.6 Å². The molecular weight excluding hydrogens is 349 g/mol. The van der Waals surface area contributed by atoms with Gasteiger partial charge in [-0.1, -0.05) is 30.1 Å². The lowest BCUT2D eigenvalue weighted by molar-refractivity contribution is -0.116. The number of Topliss-reactive ketones (excluding diaryl/α,β-unsaturated/α-hetero) is 1. The Kier molecular flexibility index (Phi) is 6.64. The smallest absolute Gasteiger partial charge is 0.224 e. The maximum absolute atomic E-state index is 12.2. The first kappa shape index (κ1) is 18.3. The zero-order chi connectivity index (χ0) is 17.5. The number of hydrogen-bond donors (Lipinski definition) is 1. The van der Waals surface area contributed by atoms with Crippen LogP contribution in [0.15, 0.2) is 42.5 Å². The van der Waals surface area contributed by atoms with Gasteiger partial charge in [0, 0.05) is 22.7 Å². The highest BCUT2D eigenvalue weighted by Crippen LogP contribution is 2.27. The van der Waals surface area contributed by atoms with Crippen molar-refractivity contribution in [3.8, 4) is 5.75 Å². The number of ether oxygens (including phenoxy) is 1. The van der Waals surface area contributed by atoms with Crippen LogP contribution in [-0.4, -0.2) is 18.3 Å². The Morgan fingerprint density at radius 1 is 1.08 bits per heavy atom. The van der Waals surface area contributed by atoms with E-state index in [1.54, 1.807) is 42.5 Å². The molecule has 0 radical (unpaired) electrons. The van der Waals surface area contributed by atoms with Crippen molar-refractivity contribution in [1.82, 2.24) is 0 Å². The Bertz CT molecular complexity index is 730. The topological polar surface area (TPSA) is 55.4 Å². The van der Waals surface area contributed by atoms with Crippen LogP contribution in [0.2, 0.25) is 10.0 Å². The summed E-state index contributed by atoms with van der Waals surface area (Å²) in [4.78, 5) is 23.7. The lowest BCUT2D eigenvalue weighted by atomic mass is 10.1. The van der Waals surface area contributed by atoms with Crippen LogP contribution in [0, 0.1) is 0 Å². The third-order valence-electron chi connectivity index (χ3n) is 3.22. The molecule has 0 spiro atoms. The number of hydrogen-bond acceptors (Lipinski definition) is 3. The van der Waals surface area contributed by atoms with Crippen LogP contribution in [-0.2, 0) is 4.79 Å². The predicted octanol–water partition coefficient (Wildman–Crippen LogP) is 4.99. The van der Waals surface area contributed by atoms with E-state index in [0.29, 0.717) is 33.5 Å². The molecule has 0 saturated carbocycles. The summed E-state index contributed by atoms with van der Waals surface area (Å²) in [7, 11) is 0. The average Bonchev–Trinajstić information content (AvgIpc) is 2.54. The lowest BCUT2D eigenvalue weighted by Gasteiger charge is -2.08. The SMILES string of the molecule is CCCC(=O)Nc1ccc(C(=O)COc2ccc(Cl)cc2Cl)cc1. The molecule has 4 nitrogen and oxygen atoms in total. The normalized spacial score (nSPS) is 10.3. The van der Waals surface area contributed by atoms with Crippen molar-refractivity contribution in [3.63, 3.8) is 0 Å². The molecule has 2 aromatic rings. The summed E-state index contributed by atoms with van der Waals surface area (Å²) in [6, 6.07) is 11.5. The fourth-order valence-electron chi connectivity index (χ4n) is 2.01. The molecule has 1 amide bonds. The van der Waals surface area contributed by atoms with Crippen LogP contribution in [0.3, 0.4) is 0 Å². The molecule has 0 bridgehead atoms. The van der Waals surface area contributed by atoms with Gasteiger partial charge in [0.15, 0.2) is 12.4 Å². The minimum absolute atomic E-state index is 0.0442. The zero-order valence-corrected chi connectivity index (χ0v) is 14.7. The molecule has 24 heavy (non-hydrogen) atoms. The predicted molar refractivity (Wildman–Crippen MR) is 96.3 cm³/mol. The Morgan fingerprint density at radius 3 is 2.42 bits per heavy atom. The number of nitrogens with one attached hydrogen (secondary N) is 1. The Labute approximate surface area is 150 Å². The molecule has 0 aliphatic rings. The van der Waals surface area contributed by atoms with Gasteiger partial charge in [-0.25, -0.2) is 0 Å². The van der Waals surface area contributed by atoms with E-state index in [4.69, 9.17) is 27.9 Å². The first-order chi connectivity index (χ1) is 11.5. The van der Waals surface area contributed by atoms with Gasteiger partial charge in [0.05, 0.1) is 5.02 Å². The molecule has 0 saturated heterocycles. The summed E-state index contributed by atoms with van der Waals surface area (Å²) in [5.41, 5.74) is 1.15. The van der Waals surface area contributed by atoms with Crippen molar-refractivity contribution in [2.45, 2.75) is 19.8 Å². The van der Waals surface area contributed by atoms with E-state index in [-0.39, 0.29) is 18.3 Å². The highest BCUT2D eigenvalue weighted by molar-refractivity contribution is 6.35. The van der Waals surface area contributed by atoms with Gasteiger partial charge in [0.2, 0.25) is 5.91 Å². The van der Waals surface area contributed by atoms with E-state index in [1.807, 2.05) is 6.92 Å². The Balaban J connectivity index is 1.93. The molecule has 0 fully saturated rings. The van der Waals surface area contributed by atoms with Crippen molar-refractivity contribution in [2.24, 2.45) is 0 Å². The molecule has 1 N–H and O–H groups in total. The molecule has 0 unspecified atom stereocenters. The summed E-state index contributed by atoms with van der Waals surface area (Å²) in [5, 5.41) is 3.62. The molecular formula is C18H17Cl2NO3. The molecule has 0 aliphatic heterocycles.